The van der Waals surface area contributed by atoms with E-state index in [-0.39, 0.29) is 5.91 Å². The number of ether oxygens (including phenoxy) is 1. The minimum atomic E-state index is -0.238. The van der Waals surface area contributed by atoms with Gasteiger partial charge in [0.15, 0.2) is 0 Å². The van der Waals surface area contributed by atoms with Crippen LogP contribution in [-0.4, -0.2) is 37.2 Å². The average molecular weight is 399 g/mol. The number of morpholine rings is 1. The lowest BCUT2D eigenvalue weighted by molar-refractivity contribution is 0.102. The first-order valence-electron chi connectivity index (χ1n) is 9.68. The largest absolute Gasteiger partial charge is 0.378 e. The van der Waals surface area contributed by atoms with Gasteiger partial charge in [-0.3, -0.25) is 9.78 Å². The summed E-state index contributed by atoms with van der Waals surface area (Å²) < 4.78 is 5.43. The van der Waals surface area contributed by atoms with Crippen LogP contribution in [0, 0.1) is 11.3 Å². The number of pyridine rings is 1. The number of hydrogen-bond donors (Lipinski definition) is 2. The molecule has 7 heteroatoms. The number of hydrogen-bond acceptors (Lipinski definition) is 6. The van der Waals surface area contributed by atoms with E-state index in [1.54, 1.807) is 30.5 Å². The Morgan fingerprint density at radius 2 is 1.87 bits per heavy atom. The molecule has 150 valence electrons. The van der Waals surface area contributed by atoms with Crippen molar-refractivity contribution in [3.05, 3.63) is 78.1 Å². The van der Waals surface area contributed by atoms with Gasteiger partial charge in [0.25, 0.3) is 5.91 Å². The molecule has 2 heterocycles. The van der Waals surface area contributed by atoms with Crippen molar-refractivity contribution in [1.29, 1.82) is 5.26 Å². The van der Waals surface area contributed by atoms with Gasteiger partial charge >= 0.3 is 0 Å². The predicted molar refractivity (Wildman–Crippen MR) is 116 cm³/mol. The van der Waals surface area contributed by atoms with E-state index in [0.717, 1.165) is 30.2 Å². The van der Waals surface area contributed by atoms with Crippen LogP contribution in [0.15, 0.2) is 67.0 Å². The monoisotopic (exact) mass is 399 g/mol. The van der Waals surface area contributed by atoms with Gasteiger partial charge in [-0.2, -0.15) is 5.26 Å². The molecule has 0 spiro atoms. The normalized spacial score (nSPS) is 13.4. The third-order valence-electron chi connectivity index (χ3n) is 4.78. The van der Waals surface area contributed by atoms with Crippen LogP contribution < -0.4 is 15.5 Å². The molecule has 0 aliphatic carbocycles. The van der Waals surface area contributed by atoms with Gasteiger partial charge in [0.05, 0.1) is 53.7 Å². The van der Waals surface area contributed by atoms with E-state index in [1.165, 1.54) is 6.20 Å². The summed E-state index contributed by atoms with van der Waals surface area (Å²) in [5.74, 6) is -0.238. The number of para-hydroxylation sites is 2. The Morgan fingerprint density at radius 3 is 2.70 bits per heavy atom. The lowest BCUT2D eigenvalue weighted by Crippen LogP contribution is -2.36. The molecule has 1 aromatic heterocycles. The Balaban J connectivity index is 1.51. The zero-order valence-electron chi connectivity index (χ0n) is 16.3. The first kappa shape index (κ1) is 19.4. The van der Waals surface area contributed by atoms with Crippen molar-refractivity contribution in [3.8, 4) is 6.07 Å². The number of aromatic nitrogens is 1. The summed E-state index contributed by atoms with van der Waals surface area (Å²) in [5.41, 5.74) is 4.15. The number of rotatable bonds is 5. The molecule has 1 aliphatic rings. The Labute approximate surface area is 174 Å². The molecule has 4 rings (SSSR count). The summed E-state index contributed by atoms with van der Waals surface area (Å²) in [6.45, 7) is 2.92. The summed E-state index contributed by atoms with van der Waals surface area (Å²) in [5, 5.41) is 15.2. The minimum Gasteiger partial charge on any atom is -0.378 e. The van der Waals surface area contributed by atoms with Gasteiger partial charge in [0, 0.05) is 25.0 Å². The molecule has 1 amide bonds. The molecule has 30 heavy (non-hydrogen) atoms. The number of carbonyl (C=O) groups is 1. The van der Waals surface area contributed by atoms with Gasteiger partial charge in [-0.05, 0) is 36.4 Å². The van der Waals surface area contributed by atoms with E-state index < -0.39 is 0 Å². The molecular weight excluding hydrogens is 378 g/mol. The van der Waals surface area contributed by atoms with E-state index in [0.29, 0.717) is 30.0 Å². The molecule has 1 fully saturated rings. The van der Waals surface area contributed by atoms with E-state index in [1.807, 2.05) is 30.3 Å². The number of anilines is 4. The van der Waals surface area contributed by atoms with Crippen LogP contribution in [0.3, 0.4) is 0 Å². The van der Waals surface area contributed by atoms with Crippen molar-refractivity contribution in [2.75, 3.05) is 41.8 Å². The standard InChI is InChI=1S/C23H21N5O2/c24-14-17-4-3-5-19(12-17)26-20-13-18(15-25-16-20)23(29)27-21-6-1-2-7-22(21)28-8-10-30-11-9-28/h1-7,12-13,15-16,26H,8-11H2,(H,27,29). The molecule has 0 radical (unpaired) electrons. The Morgan fingerprint density at radius 1 is 1.03 bits per heavy atom. The number of nitrogens with zero attached hydrogens (tertiary/aromatic N) is 3. The van der Waals surface area contributed by atoms with Gasteiger partial charge < -0.3 is 20.3 Å². The van der Waals surface area contributed by atoms with Gasteiger partial charge in [-0.15, -0.1) is 0 Å². The molecule has 0 atom stereocenters. The second kappa shape index (κ2) is 9.07. The van der Waals surface area contributed by atoms with Gasteiger partial charge in [0.2, 0.25) is 0 Å². The maximum absolute atomic E-state index is 12.9. The van der Waals surface area contributed by atoms with Gasteiger partial charge in [-0.1, -0.05) is 18.2 Å². The summed E-state index contributed by atoms with van der Waals surface area (Å²) in [7, 11) is 0. The molecule has 1 aliphatic heterocycles. The first-order valence-corrected chi connectivity index (χ1v) is 9.68. The molecule has 1 saturated heterocycles. The van der Waals surface area contributed by atoms with Crippen LogP contribution in [0.25, 0.3) is 0 Å². The molecule has 0 saturated carbocycles. The quantitative estimate of drug-likeness (QED) is 0.678. The summed E-state index contributed by atoms with van der Waals surface area (Å²) in [6.07, 6.45) is 3.17. The van der Waals surface area contributed by atoms with Crippen LogP contribution in [0.4, 0.5) is 22.7 Å². The third-order valence-corrected chi connectivity index (χ3v) is 4.78. The van der Waals surface area contributed by atoms with Crippen LogP contribution in [0.5, 0.6) is 0 Å². The Kier molecular flexibility index (Phi) is 5.88. The van der Waals surface area contributed by atoms with Crippen molar-refractivity contribution < 1.29 is 9.53 Å². The van der Waals surface area contributed by atoms with Crippen molar-refractivity contribution in [2.45, 2.75) is 0 Å². The van der Waals surface area contributed by atoms with Crippen LogP contribution in [0.2, 0.25) is 0 Å². The van der Waals surface area contributed by atoms with Crippen LogP contribution in [-0.2, 0) is 4.74 Å². The van der Waals surface area contributed by atoms with E-state index >= 15 is 0 Å². The Bertz CT molecular complexity index is 1090. The molecule has 2 N–H and O–H groups in total. The van der Waals surface area contributed by atoms with Crippen LogP contribution in [0.1, 0.15) is 15.9 Å². The summed E-state index contributed by atoms with van der Waals surface area (Å²) in [4.78, 5) is 19.3. The number of amides is 1. The highest BCUT2D eigenvalue weighted by atomic mass is 16.5. The highest BCUT2D eigenvalue weighted by Crippen LogP contribution is 2.27. The molecule has 0 bridgehead atoms. The number of benzene rings is 2. The predicted octanol–water partition coefficient (Wildman–Crippen LogP) is 3.79. The van der Waals surface area contributed by atoms with Crippen LogP contribution >= 0.6 is 0 Å². The number of carbonyl (C=O) groups excluding carboxylic acids is 1. The lowest BCUT2D eigenvalue weighted by Gasteiger charge is -2.30. The maximum Gasteiger partial charge on any atom is 0.257 e. The van der Waals surface area contributed by atoms with Gasteiger partial charge in [-0.25, -0.2) is 0 Å². The molecule has 3 aromatic rings. The zero-order chi connectivity index (χ0) is 20.8. The van der Waals surface area contributed by atoms with E-state index in [2.05, 4.69) is 26.6 Å². The van der Waals surface area contributed by atoms with E-state index in [4.69, 9.17) is 10.00 Å². The van der Waals surface area contributed by atoms with E-state index in [9.17, 15) is 4.79 Å². The second-order valence-corrected chi connectivity index (χ2v) is 6.85. The van der Waals surface area contributed by atoms with Crippen molar-refractivity contribution >= 4 is 28.7 Å². The number of nitrogens with one attached hydrogen (secondary N) is 2. The summed E-state index contributed by atoms with van der Waals surface area (Å²) in [6, 6.07) is 18.7. The fourth-order valence-electron chi connectivity index (χ4n) is 3.32. The highest BCUT2D eigenvalue weighted by molar-refractivity contribution is 6.06. The maximum atomic E-state index is 12.9. The Hall–Kier alpha value is -3.89. The summed E-state index contributed by atoms with van der Waals surface area (Å²) >= 11 is 0. The molecular formula is C23H21N5O2. The fourth-order valence-corrected chi connectivity index (χ4v) is 3.32. The SMILES string of the molecule is N#Cc1cccc(Nc2cncc(C(=O)Nc3ccccc3N3CCOCC3)c2)c1. The van der Waals surface area contributed by atoms with Gasteiger partial charge in [0.1, 0.15) is 0 Å². The smallest absolute Gasteiger partial charge is 0.257 e. The molecule has 2 aromatic carbocycles. The second-order valence-electron chi connectivity index (χ2n) is 6.85. The fraction of sp³-hybridized carbons (Fsp3) is 0.174. The first-order chi connectivity index (χ1) is 14.7. The average Bonchev–Trinajstić information content (AvgIpc) is 2.80. The zero-order valence-corrected chi connectivity index (χ0v) is 16.3. The topological polar surface area (TPSA) is 90.3 Å². The lowest BCUT2D eigenvalue weighted by atomic mass is 10.2. The van der Waals surface area contributed by atoms with Crippen molar-refractivity contribution in [3.63, 3.8) is 0 Å². The third kappa shape index (κ3) is 4.57. The minimum absolute atomic E-state index is 0.238. The number of nitriles is 1. The molecule has 0 unspecified atom stereocenters. The van der Waals surface area contributed by atoms with Crippen molar-refractivity contribution in [1.82, 2.24) is 4.98 Å². The van der Waals surface area contributed by atoms with Crippen molar-refractivity contribution in [2.24, 2.45) is 0 Å². The molecule has 7 nitrogen and oxygen atoms in total. The highest BCUT2D eigenvalue weighted by Gasteiger charge is 2.16.